The summed E-state index contributed by atoms with van der Waals surface area (Å²) in [6.07, 6.45) is 2.71. The number of benzene rings is 1. The first kappa shape index (κ1) is 19.7. The van der Waals surface area contributed by atoms with Gasteiger partial charge in [-0.3, -0.25) is 0 Å². The highest BCUT2D eigenvalue weighted by Gasteiger charge is 2.14. The van der Waals surface area contributed by atoms with Crippen LogP contribution in [-0.2, 0) is 20.9 Å². The average Bonchev–Trinajstić information content (AvgIpc) is 3.09. The van der Waals surface area contributed by atoms with E-state index in [2.05, 4.69) is 5.32 Å². The molecule has 1 aliphatic heterocycles. The van der Waals surface area contributed by atoms with Gasteiger partial charge in [-0.1, -0.05) is 6.07 Å². The van der Waals surface area contributed by atoms with Crippen molar-refractivity contribution in [2.45, 2.75) is 25.5 Å². The van der Waals surface area contributed by atoms with E-state index in [-0.39, 0.29) is 0 Å². The van der Waals surface area contributed by atoms with Crippen molar-refractivity contribution in [2.75, 3.05) is 27.4 Å². The summed E-state index contributed by atoms with van der Waals surface area (Å²) in [5.74, 6) is -1.98. The lowest BCUT2D eigenvalue weighted by molar-refractivity contribution is -0.159. The van der Waals surface area contributed by atoms with E-state index in [0.29, 0.717) is 6.10 Å². The number of carbonyl (C=O) groups is 2. The third-order valence-corrected chi connectivity index (χ3v) is 3.39. The van der Waals surface area contributed by atoms with Gasteiger partial charge in [0.1, 0.15) is 11.5 Å². The fraction of sp³-hybridized carbons (Fsp3) is 0.500. The van der Waals surface area contributed by atoms with Crippen molar-refractivity contribution in [1.82, 2.24) is 5.32 Å². The molecule has 1 atom stereocenters. The molecule has 1 saturated heterocycles. The Morgan fingerprint density at radius 1 is 1.25 bits per heavy atom. The van der Waals surface area contributed by atoms with Crippen molar-refractivity contribution < 1.29 is 34.0 Å². The molecule has 3 N–H and O–H groups in total. The molecular weight excluding hydrogens is 318 g/mol. The van der Waals surface area contributed by atoms with Gasteiger partial charge < -0.3 is 29.7 Å². The largest absolute Gasteiger partial charge is 0.497 e. The lowest BCUT2D eigenvalue weighted by Gasteiger charge is -2.13. The van der Waals surface area contributed by atoms with Crippen LogP contribution >= 0.6 is 0 Å². The molecule has 1 fully saturated rings. The molecule has 0 radical (unpaired) electrons. The number of hydrogen-bond acceptors (Lipinski definition) is 6. The highest BCUT2D eigenvalue weighted by atomic mass is 16.5. The summed E-state index contributed by atoms with van der Waals surface area (Å²) in [5, 5.41) is 18.2. The quantitative estimate of drug-likeness (QED) is 0.660. The van der Waals surface area contributed by atoms with E-state index in [9.17, 15) is 0 Å². The van der Waals surface area contributed by atoms with Crippen LogP contribution in [0.3, 0.4) is 0 Å². The molecule has 2 rings (SSSR count). The van der Waals surface area contributed by atoms with Gasteiger partial charge in [0, 0.05) is 31.3 Å². The molecule has 1 heterocycles. The first-order chi connectivity index (χ1) is 11.5. The van der Waals surface area contributed by atoms with Gasteiger partial charge in [0.05, 0.1) is 20.3 Å². The van der Waals surface area contributed by atoms with E-state index < -0.39 is 11.9 Å². The Labute approximate surface area is 140 Å². The lowest BCUT2D eigenvalue weighted by atomic mass is 10.2. The Balaban J connectivity index is 0.000000413. The minimum Gasteiger partial charge on any atom is -0.497 e. The number of methoxy groups -OCH3 is 2. The van der Waals surface area contributed by atoms with E-state index >= 15 is 0 Å². The maximum Gasteiger partial charge on any atom is 0.414 e. The van der Waals surface area contributed by atoms with E-state index in [0.717, 1.165) is 43.2 Å². The van der Waals surface area contributed by atoms with Crippen LogP contribution in [0, 0.1) is 0 Å². The summed E-state index contributed by atoms with van der Waals surface area (Å²) in [6.45, 7) is 2.58. The molecule has 0 aliphatic carbocycles. The van der Waals surface area contributed by atoms with Gasteiger partial charge in [0.15, 0.2) is 0 Å². The second-order valence-electron chi connectivity index (χ2n) is 5.05. The van der Waals surface area contributed by atoms with E-state index in [1.807, 2.05) is 18.2 Å². The number of aliphatic carboxylic acids is 2. The molecule has 8 heteroatoms. The Morgan fingerprint density at radius 3 is 2.46 bits per heavy atom. The Bertz CT molecular complexity index is 529. The number of hydrogen-bond donors (Lipinski definition) is 3. The maximum absolute atomic E-state index is 9.10. The van der Waals surface area contributed by atoms with Crippen LogP contribution in [0.15, 0.2) is 18.2 Å². The second kappa shape index (κ2) is 10.5. The third-order valence-electron chi connectivity index (χ3n) is 3.39. The zero-order chi connectivity index (χ0) is 17.9. The molecule has 1 aliphatic rings. The molecule has 1 aromatic rings. The molecule has 0 aromatic heterocycles. The summed E-state index contributed by atoms with van der Waals surface area (Å²) in [5.41, 5.74) is 1.14. The van der Waals surface area contributed by atoms with Crippen molar-refractivity contribution in [3.63, 3.8) is 0 Å². The minimum atomic E-state index is -1.82. The molecular formula is C16H23NO7. The average molecular weight is 341 g/mol. The van der Waals surface area contributed by atoms with Gasteiger partial charge in [0.25, 0.3) is 0 Å². The fourth-order valence-electron chi connectivity index (χ4n) is 2.17. The van der Waals surface area contributed by atoms with Crippen molar-refractivity contribution in [2.24, 2.45) is 0 Å². The molecule has 1 aromatic carbocycles. The molecule has 0 amide bonds. The third kappa shape index (κ3) is 6.84. The monoisotopic (exact) mass is 341 g/mol. The Hall–Kier alpha value is -2.32. The van der Waals surface area contributed by atoms with Crippen molar-refractivity contribution in [1.29, 1.82) is 0 Å². The SMILES string of the molecule is COc1ccc(CNCC2CCCO2)c(OC)c1.O=C(O)C(=O)O. The van der Waals surface area contributed by atoms with Crippen molar-refractivity contribution >= 4 is 11.9 Å². The van der Waals surface area contributed by atoms with Crippen molar-refractivity contribution in [3.05, 3.63) is 23.8 Å². The molecule has 0 saturated carbocycles. The highest BCUT2D eigenvalue weighted by molar-refractivity contribution is 6.27. The fourth-order valence-corrected chi connectivity index (χ4v) is 2.17. The first-order valence-electron chi connectivity index (χ1n) is 7.47. The summed E-state index contributed by atoms with van der Waals surface area (Å²) in [7, 11) is 3.34. The number of rotatable bonds is 6. The molecule has 8 nitrogen and oxygen atoms in total. The van der Waals surface area contributed by atoms with Gasteiger partial charge in [0.2, 0.25) is 0 Å². The molecule has 0 spiro atoms. The van der Waals surface area contributed by atoms with Crippen LogP contribution in [0.2, 0.25) is 0 Å². The van der Waals surface area contributed by atoms with Gasteiger partial charge in [-0.05, 0) is 18.9 Å². The predicted molar refractivity (Wildman–Crippen MR) is 85.5 cm³/mol. The standard InChI is InChI=1S/C14H21NO3.C2H2O4/c1-16-12-6-5-11(14(8-12)17-2)9-15-10-13-4-3-7-18-13;3-1(4)2(5)6/h5-6,8,13,15H,3-4,7,9-10H2,1-2H3;(H,3,4)(H,5,6). The van der Waals surface area contributed by atoms with Crippen LogP contribution in [0.1, 0.15) is 18.4 Å². The maximum atomic E-state index is 9.10. The van der Waals surface area contributed by atoms with E-state index in [4.69, 9.17) is 34.0 Å². The Morgan fingerprint density at radius 2 is 1.96 bits per heavy atom. The smallest absolute Gasteiger partial charge is 0.414 e. The van der Waals surface area contributed by atoms with Crippen molar-refractivity contribution in [3.8, 4) is 11.5 Å². The number of carboxylic acids is 2. The van der Waals surface area contributed by atoms with Crippen LogP contribution in [-0.4, -0.2) is 55.6 Å². The van der Waals surface area contributed by atoms with Crippen LogP contribution in [0.5, 0.6) is 11.5 Å². The second-order valence-corrected chi connectivity index (χ2v) is 5.05. The summed E-state index contributed by atoms with van der Waals surface area (Å²) >= 11 is 0. The van der Waals surface area contributed by atoms with Crippen LogP contribution in [0.4, 0.5) is 0 Å². The summed E-state index contributed by atoms with van der Waals surface area (Å²) in [4.78, 5) is 18.2. The van der Waals surface area contributed by atoms with E-state index in [1.54, 1.807) is 14.2 Å². The molecule has 1 unspecified atom stereocenters. The topological polar surface area (TPSA) is 114 Å². The van der Waals surface area contributed by atoms with Gasteiger partial charge >= 0.3 is 11.9 Å². The zero-order valence-electron chi connectivity index (χ0n) is 13.8. The van der Waals surface area contributed by atoms with Crippen LogP contribution in [0.25, 0.3) is 0 Å². The lowest BCUT2D eigenvalue weighted by Crippen LogP contribution is -2.25. The molecule has 0 bridgehead atoms. The number of carboxylic acid groups (broad SMARTS) is 2. The normalized spacial score (nSPS) is 16.0. The van der Waals surface area contributed by atoms with Gasteiger partial charge in [-0.25, -0.2) is 9.59 Å². The minimum absolute atomic E-state index is 0.370. The molecule has 24 heavy (non-hydrogen) atoms. The number of ether oxygens (including phenoxy) is 3. The van der Waals surface area contributed by atoms with Gasteiger partial charge in [-0.15, -0.1) is 0 Å². The number of nitrogens with one attached hydrogen (secondary N) is 1. The van der Waals surface area contributed by atoms with Gasteiger partial charge in [-0.2, -0.15) is 0 Å². The predicted octanol–water partition coefficient (Wildman–Crippen LogP) is 1.13. The highest BCUT2D eigenvalue weighted by Crippen LogP contribution is 2.24. The zero-order valence-corrected chi connectivity index (χ0v) is 13.8. The van der Waals surface area contributed by atoms with E-state index in [1.165, 1.54) is 6.42 Å². The van der Waals surface area contributed by atoms with Crippen LogP contribution < -0.4 is 14.8 Å². The first-order valence-corrected chi connectivity index (χ1v) is 7.47. The summed E-state index contributed by atoms with van der Waals surface area (Å²) < 4.78 is 16.1. The molecule has 134 valence electrons. The summed E-state index contributed by atoms with van der Waals surface area (Å²) in [6, 6.07) is 5.88. The Kier molecular flexibility index (Phi) is 8.59.